The zero-order chi connectivity index (χ0) is 14.9. The number of aryl methyl sites for hydroxylation is 3. The Balaban J connectivity index is 2.29. The molecule has 0 aliphatic carbocycles. The third-order valence-corrected chi connectivity index (χ3v) is 5.86. The Morgan fingerprint density at radius 3 is 2.50 bits per heavy atom. The van der Waals surface area contributed by atoms with Gasteiger partial charge >= 0.3 is 0 Å². The van der Waals surface area contributed by atoms with E-state index in [1.54, 1.807) is 13.1 Å². The van der Waals surface area contributed by atoms with Crippen LogP contribution in [0.15, 0.2) is 28.5 Å². The Hall–Kier alpha value is -1.24. The summed E-state index contributed by atoms with van der Waals surface area (Å²) < 4.78 is 26.5. The maximum absolute atomic E-state index is 12.6. The van der Waals surface area contributed by atoms with Crippen molar-refractivity contribution in [2.75, 3.05) is 7.05 Å². The minimum atomic E-state index is -3.48. The molecule has 1 aromatic carbocycles. The Morgan fingerprint density at radius 2 is 1.95 bits per heavy atom. The van der Waals surface area contributed by atoms with E-state index in [0.717, 1.165) is 21.8 Å². The highest BCUT2D eigenvalue weighted by atomic mass is 32.2. The van der Waals surface area contributed by atoms with Gasteiger partial charge in [-0.3, -0.25) is 0 Å². The fraction of sp³-hybridized carbons (Fsp3) is 0.357. The van der Waals surface area contributed by atoms with Crippen LogP contribution in [0.4, 0.5) is 0 Å². The second kappa shape index (κ2) is 5.63. The molecule has 20 heavy (non-hydrogen) atoms. The number of benzene rings is 1. The molecular weight excluding hydrogens is 292 g/mol. The molecule has 1 heterocycles. The van der Waals surface area contributed by atoms with Gasteiger partial charge in [0, 0.05) is 12.4 Å². The maximum Gasteiger partial charge on any atom is 0.243 e. The average Bonchev–Trinajstić information content (AvgIpc) is 2.74. The zero-order valence-corrected chi connectivity index (χ0v) is 13.7. The second-order valence-corrected chi connectivity index (χ2v) is 7.96. The van der Waals surface area contributed by atoms with Crippen molar-refractivity contribution in [3.8, 4) is 0 Å². The van der Waals surface area contributed by atoms with Crippen molar-refractivity contribution in [2.45, 2.75) is 32.2 Å². The summed E-state index contributed by atoms with van der Waals surface area (Å²) in [6.45, 7) is 5.97. The van der Waals surface area contributed by atoms with Crippen molar-refractivity contribution < 1.29 is 8.42 Å². The van der Waals surface area contributed by atoms with Gasteiger partial charge in [-0.05, 0) is 32.4 Å². The van der Waals surface area contributed by atoms with Crippen LogP contribution in [0, 0.1) is 20.8 Å². The van der Waals surface area contributed by atoms with Crippen LogP contribution < -0.4 is 0 Å². The van der Waals surface area contributed by atoms with Crippen molar-refractivity contribution in [3.63, 3.8) is 0 Å². The van der Waals surface area contributed by atoms with Gasteiger partial charge in [-0.2, -0.15) is 4.31 Å². The molecule has 0 saturated heterocycles. The lowest BCUT2D eigenvalue weighted by Crippen LogP contribution is -2.27. The summed E-state index contributed by atoms with van der Waals surface area (Å²) in [5.41, 5.74) is 2.61. The molecule has 0 amide bonds. The molecule has 0 spiro atoms. The van der Waals surface area contributed by atoms with E-state index in [0.29, 0.717) is 11.4 Å². The van der Waals surface area contributed by atoms with E-state index in [1.807, 2.05) is 38.3 Å². The molecule has 6 heteroatoms. The van der Waals surface area contributed by atoms with Crippen molar-refractivity contribution in [2.24, 2.45) is 0 Å². The van der Waals surface area contributed by atoms with Gasteiger partial charge in [-0.1, -0.05) is 17.7 Å². The smallest absolute Gasteiger partial charge is 0.243 e. The van der Waals surface area contributed by atoms with E-state index in [2.05, 4.69) is 4.98 Å². The summed E-state index contributed by atoms with van der Waals surface area (Å²) in [7, 11) is -1.89. The second-order valence-electron chi connectivity index (χ2n) is 4.89. The van der Waals surface area contributed by atoms with Crippen molar-refractivity contribution in [1.82, 2.24) is 9.29 Å². The molecule has 0 N–H and O–H groups in total. The van der Waals surface area contributed by atoms with Gasteiger partial charge in [0.25, 0.3) is 0 Å². The number of hydrogen-bond acceptors (Lipinski definition) is 4. The molecule has 0 radical (unpaired) electrons. The van der Waals surface area contributed by atoms with Crippen LogP contribution in [0.25, 0.3) is 0 Å². The molecule has 0 unspecified atom stereocenters. The molecule has 2 rings (SSSR count). The molecule has 1 aromatic heterocycles. The van der Waals surface area contributed by atoms with E-state index in [9.17, 15) is 8.42 Å². The molecule has 0 aliphatic rings. The van der Waals surface area contributed by atoms with Crippen LogP contribution >= 0.6 is 11.3 Å². The lowest BCUT2D eigenvalue weighted by atomic mass is 10.2. The Kier molecular flexibility index (Phi) is 4.27. The number of aromatic nitrogens is 1. The number of sulfonamides is 1. The highest BCUT2D eigenvalue weighted by Gasteiger charge is 2.23. The number of nitrogens with zero attached hydrogens (tertiary/aromatic N) is 2. The third-order valence-electron chi connectivity index (χ3n) is 3.07. The lowest BCUT2D eigenvalue weighted by Gasteiger charge is -2.17. The molecule has 108 valence electrons. The van der Waals surface area contributed by atoms with E-state index >= 15 is 0 Å². The van der Waals surface area contributed by atoms with Crippen LogP contribution in [-0.2, 0) is 16.6 Å². The summed E-state index contributed by atoms with van der Waals surface area (Å²) in [5.74, 6) is 0. The molecule has 0 saturated carbocycles. The van der Waals surface area contributed by atoms with Crippen LogP contribution in [0.2, 0.25) is 0 Å². The highest BCUT2D eigenvalue weighted by Crippen LogP contribution is 2.21. The quantitative estimate of drug-likeness (QED) is 0.872. The monoisotopic (exact) mass is 310 g/mol. The van der Waals surface area contributed by atoms with Crippen molar-refractivity contribution >= 4 is 21.4 Å². The first kappa shape index (κ1) is 15.2. The minimum Gasteiger partial charge on any atom is -0.245 e. The summed E-state index contributed by atoms with van der Waals surface area (Å²) in [5, 5.41) is 2.83. The van der Waals surface area contributed by atoms with Crippen LogP contribution in [0.1, 0.15) is 21.8 Å². The van der Waals surface area contributed by atoms with Gasteiger partial charge in [-0.25, -0.2) is 13.4 Å². The van der Waals surface area contributed by atoms with Gasteiger partial charge in [0.1, 0.15) is 0 Å². The molecule has 0 atom stereocenters. The van der Waals surface area contributed by atoms with E-state index in [-0.39, 0.29) is 0 Å². The Bertz CT molecular complexity index is 721. The van der Waals surface area contributed by atoms with Gasteiger partial charge in [-0.15, -0.1) is 11.3 Å². The largest absolute Gasteiger partial charge is 0.245 e. The zero-order valence-electron chi connectivity index (χ0n) is 12.0. The Labute approximate surface area is 124 Å². The van der Waals surface area contributed by atoms with Crippen LogP contribution in [0.5, 0.6) is 0 Å². The molecule has 4 nitrogen and oxygen atoms in total. The predicted octanol–water partition coefficient (Wildman–Crippen LogP) is 2.89. The standard InChI is InChI=1S/C14H18N2O2S2/c1-10-5-6-14(11(2)7-10)20(17,18)16(4)8-13-9-19-12(3)15-13/h5-7,9H,8H2,1-4H3. The summed E-state index contributed by atoms with van der Waals surface area (Å²) >= 11 is 1.53. The number of rotatable bonds is 4. The van der Waals surface area contributed by atoms with Crippen molar-refractivity contribution in [3.05, 3.63) is 45.4 Å². The topological polar surface area (TPSA) is 50.3 Å². The summed E-state index contributed by atoms with van der Waals surface area (Å²) in [6, 6.07) is 5.37. The summed E-state index contributed by atoms with van der Waals surface area (Å²) in [4.78, 5) is 4.67. The number of thiazole rings is 1. The van der Waals surface area contributed by atoms with Crippen molar-refractivity contribution in [1.29, 1.82) is 0 Å². The fourth-order valence-electron chi connectivity index (χ4n) is 2.05. The van der Waals surface area contributed by atoms with Gasteiger partial charge in [0.2, 0.25) is 10.0 Å². The predicted molar refractivity (Wildman–Crippen MR) is 81.4 cm³/mol. The molecule has 0 bridgehead atoms. The molecule has 0 fully saturated rings. The van der Waals surface area contributed by atoms with Gasteiger partial charge in [0.05, 0.1) is 22.1 Å². The SMILES string of the molecule is Cc1ccc(S(=O)(=O)N(C)Cc2csc(C)n2)c(C)c1. The first-order valence-corrected chi connectivity index (χ1v) is 8.57. The number of hydrogen-bond donors (Lipinski definition) is 0. The van der Waals surface area contributed by atoms with Gasteiger partial charge < -0.3 is 0 Å². The Morgan fingerprint density at radius 1 is 1.25 bits per heavy atom. The van der Waals surface area contributed by atoms with E-state index < -0.39 is 10.0 Å². The van der Waals surface area contributed by atoms with E-state index in [4.69, 9.17) is 0 Å². The maximum atomic E-state index is 12.6. The normalized spacial score (nSPS) is 12.1. The first-order valence-electron chi connectivity index (χ1n) is 6.25. The first-order chi connectivity index (χ1) is 9.30. The highest BCUT2D eigenvalue weighted by molar-refractivity contribution is 7.89. The van der Waals surface area contributed by atoms with Gasteiger partial charge in [0.15, 0.2) is 0 Å². The molecule has 0 aliphatic heterocycles. The molecular formula is C14H18N2O2S2. The third kappa shape index (κ3) is 3.08. The fourth-order valence-corrected chi connectivity index (χ4v) is 4.00. The lowest BCUT2D eigenvalue weighted by molar-refractivity contribution is 0.462. The average molecular weight is 310 g/mol. The molecule has 2 aromatic rings. The summed E-state index contributed by atoms with van der Waals surface area (Å²) in [6.07, 6.45) is 0. The van der Waals surface area contributed by atoms with Crippen LogP contribution in [-0.4, -0.2) is 24.8 Å². The van der Waals surface area contributed by atoms with Crippen LogP contribution in [0.3, 0.4) is 0 Å². The van der Waals surface area contributed by atoms with E-state index in [1.165, 1.54) is 15.6 Å². The minimum absolute atomic E-state index is 0.292.